The summed E-state index contributed by atoms with van der Waals surface area (Å²) in [7, 11) is 0. The second-order valence-corrected chi connectivity index (χ2v) is 8.01. The standard InChI is InChI=1S/C23H24FN5O6/c1-13(30)26-10-17-11-29(23(32)34-17)15-3-4-18(19(24)6-15)14-2-5-20(27-9-14)21-7-16(35-28-21)12-33-22(31)8-25/h2-6,9,16-17H,7-8,10-12,25H2,1H3,(H,26,30)/t16-,17?/m0/s1. The normalized spacial score (nSPS) is 19.1. The van der Waals surface area contributed by atoms with Crippen molar-refractivity contribution < 1.29 is 33.1 Å². The van der Waals surface area contributed by atoms with Crippen molar-refractivity contribution in [1.82, 2.24) is 10.3 Å². The van der Waals surface area contributed by atoms with Crippen LogP contribution in [-0.4, -0.2) is 67.1 Å². The van der Waals surface area contributed by atoms with Crippen molar-refractivity contribution in [2.45, 2.75) is 25.6 Å². The Morgan fingerprint density at radius 3 is 2.80 bits per heavy atom. The molecule has 1 unspecified atom stereocenters. The van der Waals surface area contributed by atoms with Gasteiger partial charge in [-0.1, -0.05) is 11.2 Å². The summed E-state index contributed by atoms with van der Waals surface area (Å²) in [5.74, 6) is -1.28. The number of anilines is 1. The van der Waals surface area contributed by atoms with Crippen molar-refractivity contribution in [3.05, 3.63) is 48.0 Å². The molecule has 1 aromatic heterocycles. The first-order valence-electron chi connectivity index (χ1n) is 10.9. The summed E-state index contributed by atoms with van der Waals surface area (Å²) in [4.78, 5) is 45.4. The number of carbonyl (C=O) groups excluding carboxylic acids is 3. The van der Waals surface area contributed by atoms with Crippen molar-refractivity contribution >= 4 is 29.4 Å². The van der Waals surface area contributed by atoms with E-state index in [-0.39, 0.29) is 32.1 Å². The van der Waals surface area contributed by atoms with E-state index in [1.807, 2.05) is 0 Å². The van der Waals surface area contributed by atoms with Gasteiger partial charge in [-0.15, -0.1) is 0 Å². The molecule has 11 nitrogen and oxygen atoms in total. The third kappa shape index (κ3) is 5.72. The topological polar surface area (TPSA) is 145 Å². The third-order valence-electron chi connectivity index (χ3n) is 5.42. The lowest BCUT2D eigenvalue weighted by molar-refractivity contribution is -0.145. The Labute approximate surface area is 200 Å². The molecule has 0 aliphatic carbocycles. The fraction of sp³-hybridized carbons (Fsp3) is 0.348. The second-order valence-electron chi connectivity index (χ2n) is 8.01. The number of aromatic nitrogens is 1. The molecule has 0 saturated carbocycles. The van der Waals surface area contributed by atoms with Crippen LogP contribution in [0.2, 0.25) is 0 Å². The Bertz CT molecular complexity index is 1160. The van der Waals surface area contributed by atoms with Gasteiger partial charge in [0, 0.05) is 30.7 Å². The molecular formula is C23H24FN5O6. The number of pyridine rings is 1. The average molecular weight is 485 g/mol. The van der Waals surface area contributed by atoms with Crippen LogP contribution < -0.4 is 16.0 Å². The highest BCUT2D eigenvalue weighted by atomic mass is 19.1. The number of hydrogen-bond acceptors (Lipinski definition) is 9. The van der Waals surface area contributed by atoms with E-state index in [0.29, 0.717) is 34.6 Å². The lowest BCUT2D eigenvalue weighted by Crippen LogP contribution is -2.33. The average Bonchev–Trinajstić information content (AvgIpc) is 3.48. The first kappa shape index (κ1) is 24.1. The Hall–Kier alpha value is -4.06. The Morgan fingerprint density at radius 1 is 1.29 bits per heavy atom. The van der Waals surface area contributed by atoms with Crippen LogP contribution in [0.1, 0.15) is 19.0 Å². The van der Waals surface area contributed by atoms with Crippen molar-refractivity contribution in [2.75, 3.05) is 31.1 Å². The SMILES string of the molecule is CC(=O)NCC1CN(c2ccc(-c3ccc(C4=NO[C@H](COC(=O)CN)C4)nc3)c(F)c2)C(=O)O1. The van der Waals surface area contributed by atoms with Crippen molar-refractivity contribution in [2.24, 2.45) is 10.9 Å². The molecule has 12 heteroatoms. The number of carbonyl (C=O) groups is 3. The number of halogens is 1. The van der Waals surface area contributed by atoms with E-state index in [2.05, 4.69) is 15.5 Å². The largest absolute Gasteiger partial charge is 0.461 e. The van der Waals surface area contributed by atoms with E-state index in [0.717, 1.165) is 0 Å². The van der Waals surface area contributed by atoms with Crippen molar-refractivity contribution in [3.63, 3.8) is 0 Å². The molecule has 3 heterocycles. The van der Waals surface area contributed by atoms with Gasteiger partial charge in [-0.2, -0.15) is 0 Å². The molecule has 0 bridgehead atoms. The quantitative estimate of drug-likeness (QED) is 0.533. The molecular weight excluding hydrogens is 461 g/mol. The van der Waals surface area contributed by atoms with Crippen LogP contribution in [0.5, 0.6) is 0 Å². The predicted octanol–water partition coefficient (Wildman–Crippen LogP) is 1.34. The number of amides is 2. The minimum atomic E-state index is -0.603. The zero-order valence-electron chi connectivity index (χ0n) is 18.9. The molecule has 2 atom stereocenters. The second kappa shape index (κ2) is 10.5. The number of esters is 1. The van der Waals surface area contributed by atoms with E-state index < -0.39 is 30.1 Å². The number of nitrogens with zero attached hydrogens (tertiary/aromatic N) is 3. The zero-order chi connectivity index (χ0) is 24.9. The molecule has 2 amide bonds. The maximum absolute atomic E-state index is 14.9. The van der Waals surface area contributed by atoms with Gasteiger partial charge < -0.3 is 25.4 Å². The number of ether oxygens (including phenoxy) is 2. The predicted molar refractivity (Wildman–Crippen MR) is 122 cm³/mol. The summed E-state index contributed by atoms with van der Waals surface area (Å²) in [5.41, 5.74) is 7.55. The zero-order valence-corrected chi connectivity index (χ0v) is 18.9. The molecule has 2 aromatic rings. The van der Waals surface area contributed by atoms with Gasteiger partial charge >= 0.3 is 12.1 Å². The maximum Gasteiger partial charge on any atom is 0.414 e. The van der Waals surface area contributed by atoms with Crippen molar-refractivity contribution in [3.8, 4) is 11.1 Å². The molecule has 0 radical (unpaired) electrons. The van der Waals surface area contributed by atoms with Crippen LogP contribution in [0, 0.1) is 5.82 Å². The van der Waals surface area contributed by atoms with Crippen LogP contribution in [0.15, 0.2) is 41.7 Å². The molecule has 0 spiro atoms. The Kier molecular flexibility index (Phi) is 7.20. The first-order valence-corrected chi connectivity index (χ1v) is 10.9. The lowest BCUT2D eigenvalue weighted by Gasteiger charge is -2.14. The number of benzene rings is 1. The van der Waals surface area contributed by atoms with E-state index in [1.165, 1.54) is 24.1 Å². The minimum Gasteiger partial charge on any atom is -0.461 e. The fourth-order valence-electron chi connectivity index (χ4n) is 3.64. The lowest BCUT2D eigenvalue weighted by atomic mass is 10.0. The van der Waals surface area contributed by atoms with Gasteiger partial charge in [-0.05, 0) is 24.3 Å². The number of oxime groups is 1. The molecule has 184 valence electrons. The molecule has 1 aromatic carbocycles. The number of hydrogen-bond donors (Lipinski definition) is 2. The summed E-state index contributed by atoms with van der Waals surface area (Å²) in [6.07, 6.45) is 0.393. The van der Waals surface area contributed by atoms with E-state index >= 15 is 0 Å². The van der Waals surface area contributed by atoms with Crippen LogP contribution in [0.3, 0.4) is 0 Å². The first-order chi connectivity index (χ1) is 16.8. The monoisotopic (exact) mass is 485 g/mol. The fourth-order valence-corrected chi connectivity index (χ4v) is 3.64. The minimum absolute atomic E-state index is 0.0389. The van der Waals surface area contributed by atoms with Gasteiger partial charge in [0.2, 0.25) is 5.91 Å². The van der Waals surface area contributed by atoms with Crippen LogP contribution >= 0.6 is 0 Å². The molecule has 1 fully saturated rings. The number of nitrogens with two attached hydrogens (primary N) is 1. The van der Waals surface area contributed by atoms with Gasteiger partial charge in [0.25, 0.3) is 0 Å². The summed E-state index contributed by atoms with van der Waals surface area (Å²) < 4.78 is 25.1. The number of cyclic esters (lactones) is 1. The van der Waals surface area contributed by atoms with E-state index in [1.54, 1.807) is 24.3 Å². The summed E-state index contributed by atoms with van der Waals surface area (Å²) in [6, 6.07) is 7.85. The van der Waals surface area contributed by atoms with Gasteiger partial charge in [0.15, 0.2) is 6.10 Å². The molecule has 35 heavy (non-hydrogen) atoms. The highest BCUT2D eigenvalue weighted by molar-refractivity contribution is 5.99. The highest BCUT2D eigenvalue weighted by Gasteiger charge is 2.32. The molecule has 3 N–H and O–H groups in total. The van der Waals surface area contributed by atoms with Gasteiger partial charge in [-0.25, -0.2) is 9.18 Å². The van der Waals surface area contributed by atoms with E-state index in [9.17, 15) is 18.8 Å². The maximum atomic E-state index is 14.9. The molecule has 4 rings (SSSR count). The smallest absolute Gasteiger partial charge is 0.414 e. The molecule has 1 saturated heterocycles. The molecule has 2 aliphatic heterocycles. The molecule has 2 aliphatic rings. The summed E-state index contributed by atoms with van der Waals surface area (Å²) in [5, 5.41) is 6.59. The van der Waals surface area contributed by atoms with Crippen LogP contribution in [0.4, 0.5) is 14.9 Å². The van der Waals surface area contributed by atoms with Crippen molar-refractivity contribution in [1.29, 1.82) is 0 Å². The van der Waals surface area contributed by atoms with Crippen LogP contribution in [0.25, 0.3) is 11.1 Å². The number of rotatable bonds is 8. The van der Waals surface area contributed by atoms with E-state index in [4.69, 9.17) is 20.0 Å². The van der Waals surface area contributed by atoms with Gasteiger partial charge in [0.1, 0.15) is 24.2 Å². The van der Waals surface area contributed by atoms with Gasteiger partial charge in [-0.3, -0.25) is 19.5 Å². The van der Waals surface area contributed by atoms with Gasteiger partial charge in [0.05, 0.1) is 31.0 Å². The summed E-state index contributed by atoms with van der Waals surface area (Å²) >= 11 is 0. The Morgan fingerprint density at radius 2 is 2.11 bits per heavy atom. The summed E-state index contributed by atoms with van der Waals surface area (Å²) in [6.45, 7) is 1.59. The van der Waals surface area contributed by atoms with Crippen LogP contribution in [-0.2, 0) is 23.9 Å². The Balaban J connectivity index is 1.39. The highest BCUT2D eigenvalue weighted by Crippen LogP contribution is 2.29. The number of nitrogens with one attached hydrogen (secondary N) is 1. The third-order valence-corrected chi connectivity index (χ3v) is 5.42.